The van der Waals surface area contributed by atoms with E-state index in [1.54, 1.807) is 30.3 Å². The average molecular weight is 339 g/mol. The first-order valence-corrected chi connectivity index (χ1v) is 6.96. The minimum atomic E-state index is -0.855. The summed E-state index contributed by atoms with van der Waals surface area (Å²) in [6.45, 7) is 0. The maximum atomic E-state index is 11.9. The zero-order valence-electron chi connectivity index (χ0n) is 11.5. The van der Waals surface area contributed by atoms with Gasteiger partial charge >= 0.3 is 11.8 Å². The van der Waals surface area contributed by atoms with Crippen LogP contribution in [0.4, 0.5) is 11.4 Å². The highest BCUT2D eigenvalue weighted by molar-refractivity contribution is 6.45. The SMILES string of the molecule is COc1cccc(NC(=O)C(=O)Nc2cc(Cl)ccc2Cl)c1. The van der Waals surface area contributed by atoms with Crippen LogP contribution < -0.4 is 15.4 Å². The van der Waals surface area contributed by atoms with E-state index in [9.17, 15) is 9.59 Å². The third kappa shape index (κ3) is 4.13. The van der Waals surface area contributed by atoms with Crippen molar-refractivity contribution in [3.05, 3.63) is 52.5 Å². The molecule has 2 aromatic rings. The second-order valence-electron chi connectivity index (χ2n) is 4.26. The number of carbonyl (C=O) groups is 2. The Morgan fingerprint density at radius 3 is 2.45 bits per heavy atom. The summed E-state index contributed by atoms with van der Waals surface area (Å²) in [5.41, 5.74) is 0.705. The zero-order valence-corrected chi connectivity index (χ0v) is 13.0. The molecular weight excluding hydrogens is 327 g/mol. The number of anilines is 2. The molecule has 0 heterocycles. The number of benzene rings is 2. The van der Waals surface area contributed by atoms with Gasteiger partial charge in [0.2, 0.25) is 0 Å². The van der Waals surface area contributed by atoms with Gasteiger partial charge < -0.3 is 15.4 Å². The smallest absolute Gasteiger partial charge is 0.314 e. The lowest BCUT2D eigenvalue weighted by atomic mass is 10.3. The van der Waals surface area contributed by atoms with Gasteiger partial charge in [0.15, 0.2) is 0 Å². The molecule has 114 valence electrons. The Bertz CT molecular complexity index is 720. The van der Waals surface area contributed by atoms with E-state index in [0.717, 1.165) is 0 Å². The lowest BCUT2D eigenvalue weighted by Crippen LogP contribution is -2.29. The van der Waals surface area contributed by atoms with Crippen molar-refractivity contribution in [3.8, 4) is 5.75 Å². The van der Waals surface area contributed by atoms with Gasteiger partial charge in [-0.15, -0.1) is 0 Å². The number of halogens is 2. The van der Waals surface area contributed by atoms with Crippen LogP contribution in [-0.2, 0) is 9.59 Å². The van der Waals surface area contributed by atoms with Crippen LogP contribution in [0.25, 0.3) is 0 Å². The summed E-state index contributed by atoms with van der Waals surface area (Å²) in [5.74, 6) is -1.12. The van der Waals surface area contributed by atoms with Crippen LogP contribution in [0.1, 0.15) is 0 Å². The summed E-state index contributed by atoms with van der Waals surface area (Å²) in [4.78, 5) is 23.8. The van der Waals surface area contributed by atoms with Crippen LogP contribution in [0.15, 0.2) is 42.5 Å². The topological polar surface area (TPSA) is 67.4 Å². The number of amides is 2. The van der Waals surface area contributed by atoms with Crippen LogP contribution in [-0.4, -0.2) is 18.9 Å². The Hall–Kier alpha value is -2.24. The van der Waals surface area contributed by atoms with Crippen molar-refractivity contribution in [2.75, 3.05) is 17.7 Å². The Kier molecular flexibility index (Phi) is 5.25. The Morgan fingerprint density at radius 2 is 1.73 bits per heavy atom. The molecule has 2 N–H and O–H groups in total. The van der Waals surface area contributed by atoms with Crippen LogP contribution in [0.3, 0.4) is 0 Å². The standard InChI is InChI=1S/C15H12Cl2N2O3/c1-22-11-4-2-3-10(8-11)18-14(20)15(21)19-13-7-9(16)5-6-12(13)17/h2-8H,1H3,(H,18,20)(H,19,21). The molecule has 2 amide bonds. The Balaban J connectivity index is 2.06. The number of hydrogen-bond acceptors (Lipinski definition) is 3. The molecule has 0 unspecified atom stereocenters. The zero-order chi connectivity index (χ0) is 16.1. The molecule has 2 rings (SSSR count). The lowest BCUT2D eigenvalue weighted by molar-refractivity contribution is -0.132. The number of hydrogen-bond donors (Lipinski definition) is 2. The van der Waals surface area contributed by atoms with E-state index in [4.69, 9.17) is 27.9 Å². The fourth-order valence-corrected chi connectivity index (χ4v) is 2.00. The maximum absolute atomic E-state index is 11.9. The van der Waals surface area contributed by atoms with E-state index < -0.39 is 11.8 Å². The number of rotatable bonds is 3. The summed E-state index contributed by atoms with van der Waals surface area (Å²) < 4.78 is 5.04. The molecule has 0 aromatic heterocycles. The van der Waals surface area contributed by atoms with Gasteiger partial charge in [-0.2, -0.15) is 0 Å². The summed E-state index contributed by atoms with van der Waals surface area (Å²) in [6, 6.07) is 11.2. The van der Waals surface area contributed by atoms with E-state index in [0.29, 0.717) is 16.5 Å². The van der Waals surface area contributed by atoms with Gasteiger partial charge in [0.05, 0.1) is 17.8 Å². The minimum Gasteiger partial charge on any atom is -0.497 e. The molecule has 0 saturated carbocycles. The lowest BCUT2D eigenvalue weighted by Gasteiger charge is -2.09. The molecule has 0 saturated heterocycles. The second kappa shape index (κ2) is 7.15. The predicted molar refractivity (Wildman–Crippen MR) is 86.7 cm³/mol. The van der Waals surface area contributed by atoms with Gasteiger partial charge in [-0.05, 0) is 30.3 Å². The highest BCUT2D eigenvalue weighted by Gasteiger charge is 2.15. The number of nitrogens with one attached hydrogen (secondary N) is 2. The molecule has 0 aliphatic rings. The molecule has 0 fully saturated rings. The van der Waals surface area contributed by atoms with Gasteiger partial charge in [-0.3, -0.25) is 9.59 Å². The van der Waals surface area contributed by atoms with E-state index in [1.807, 2.05) is 0 Å². The van der Waals surface area contributed by atoms with Crippen LogP contribution in [0.2, 0.25) is 10.0 Å². The van der Waals surface area contributed by atoms with Crippen LogP contribution in [0, 0.1) is 0 Å². The van der Waals surface area contributed by atoms with Gasteiger partial charge in [-0.1, -0.05) is 29.3 Å². The molecule has 0 spiro atoms. The predicted octanol–water partition coefficient (Wildman–Crippen LogP) is 3.58. The molecule has 5 nitrogen and oxygen atoms in total. The molecule has 22 heavy (non-hydrogen) atoms. The van der Waals surface area contributed by atoms with Crippen molar-refractivity contribution in [2.24, 2.45) is 0 Å². The number of methoxy groups -OCH3 is 1. The van der Waals surface area contributed by atoms with E-state index in [1.165, 1.54) is 19.2 Å². The summed E-state index contributed by atoms with van der Waals surface area (Å²) in [6.07, 6.45) is 0. The molecule has 0 radical (unpaired) electrons. The van der Waals surface area contributed by atoms with Gasteiger partial charge in [0.1, 0.15) is 5.75 Å². The fourth-order valence-electron chi connectivity index (χ4n) is 1.66. The van der Waals surface area contributed by atoms with Crippen molar-refractivity contribution in [1.82, 2.24) is 0 Å². The first-order chi connectivity index (χ1) is 10.5. The monoisotopic (exact) mass is 338 g/mol. The van der Waals surface area contributed by atoms with Crippen molar-refractivity contribution in [3.63, 3.8) is 0 Å². The summed E-state index contributed by atoms with van der Waals surface area (Å²) >= 11 is 11.7. The molecular formula is C15H12Cl2N2O3. The summed E-state index contributed by atoms with van der Waals surface area (Å²) in [5, 5.41) is 5.55. The molecule has 0 atom stereocenters. The molecule has 0 bridgehead atoms. The van der Waals surface area contributed by atoms with Crippen LogP contribution in [0.5, 0.6) is 5.75 Å². The van der Waals surface area contributed by atoms with E-state index in [2.05, 4.69) is 10.6 Å². The Morgan fingerprint density at radius 1 is 1.00 bits per heavy atom. The quantitative estimate of drug-likeness (QED) is 0.840. The van der Waals surface area contributed by atoms with E-state index in [-0.39, 0.29) is 10.7 Å². The first kappa shape index (κ1) is 16.1. The van der Waals surface area contributed by atoms with Crippen molar-refractivity contribution >= 4 is 46.4 Å². The number of ether oxygens (including phenoxy) is 1. The largest absolute Gasteiger partial charge is 0.497 e. The normalized spacial score (nSPS) is 9.95. The Labute approximate surface area is 137 Å². The van der Waals surface area contributed by atoms with Crippen molar-refractivity contribution < 1.29 is 14.3 Å². The average Bonchev–Trinajstić information content (AvgIpc) is 2.51. The van der Waals surface area contributed by atoms with Gasteiger partial charge in [0.25, 0.3) is 0 Å². The van der Waals surface area contributed by atoms with Crippen molar-refractivity contribution in [2.45, 2.75) is 0 Å². The van der Waals surface area contributed by atoms with E-state index >= 15 is 0 Å². The fraction of sp³-hybridized carbons (Fsp3) is 0.0667. The van der Waals surface area contributed by atoms with Gasteiger partial charge in [-0.25, -0.2) is 0 Å². The molecule has 0 aliphatic heterocycles. The number of carbonyl (C=O) groups excluding carboxylic acids is 2. The summed E-state index contributed by atoms with van der Waals surface area (Å²) in [7, 11) is 1.51. The molecule has 0 aliphatic carbocycles. The minimum absolute atomic E-state index is 0.264. The highest BCUT2D eigenvalue weighted by atomic mass is 35.5. The highest BCUT2D eigenvalue weighted by Crippen LogP contribution is 2.25. The van der Waals surface area contributed by atoms with Crippen LogP contribution >= 0.6 is 23.2 Å². The van der Waals surface area contributed by atoms with Gasteiger partial charge in [0, 0.05) is 16.8 Å². The third-order valence-electron chi connectivity index (χ3n) is 2.71. The third-order valence-corrected chi connectivity index (χ3v) is 3.28. The molecule has 7 heteroatoms. The van der Waals surface area contributed by atoms with Crippen molar-refractivity contribution in [1.29, 1.82) is 0 Å². The molecule has 2 aromatic carbocycles. The second-order valence-corrected chi connectivity index (χ2v) is 5.11. The maximum Gasteiger partial charge on any atom is 0.314 e. The first-order valence-electron chi connectivity index (χ1n) is 6.21.